The van der Waals surface area contributed by atoms with Gasteiger partial charge in [0, 0.05) is 0 Å². The van der Waals surface area contributed by atoms with E-state index >= 15 is 0 Å². The van der Waals surface area contributed by atoms with Gasteiger partial charge in [0.15, 0.2) is 0 Å². The molecular formula is C3H3F5OS. The van der Waals surface area contributed by atoms with Crippen LogP contribution in [0.4, 0.5) is 22.0 Å². The maximum absolute atomic E-state index is 11.2. The van der Waals surface area contributed by atoms with Crippen molar-refractivity contribution in [1.82, 2.24) is 0 Å². The fraction of sp³-hybridized carbons (Fsp3) is 1.00. The molecule has 0 heterocycles. The van der Waals surface area contributed by atoms with E-state index in [2.05, 4.69) is 0 Å². The first-order valence-electron chi connectivity index (χ1n) is 2.05. The van der Waals surface area contributed by atoms with Crippen LogP contribution < -0.4 is 0 Å². The Morgan fingerprint density at radius 3 is 1.80 bits per heavy atom. The molecule has 0 saturated carbocycles. The van der Waals surface area contributed by atoms with Crippen LogP contribution in [-0.4, -0.2) is 21.9 Å². The van der Waals surface area contributed by atoms with E-state index in [1.54, 1.807) is 0 Å². The van der Waals surface area contributed by atoms with Gasteiger partial charge < -0.3 is 0 Å². The van der Waals surface area contributed by atoms with Crippen molar-refractivity contribution >= 4 is 10.8 Å². The van der Waals surface area contributed by atoms with Gasteiger partial charge in [0.2, 0.25) is 0 Å². The van der Waals surface area contributed by atoms with E-state index in [0.29, 0.717) is 0 Å². The number of halogens is 5. The van der Waals surface area contributed by atoms with Crippen molar-refractivity contribution in [2.24, 2.45) is 0 Å². The molecule has 10 heavy (non-hydrogen) atoms. The Balaban J connectivity index is 3.81. The molecular weight excluding hydrogens is 179 g/mol. The lowest BCUT2D eigenvalue weighted by Crippen LogP contribution is -2.22. The Labute approximate surface area is 55.7 Å². The van der Waals surface area contributed by atoms with Crippen molar-refractivity contribution in [3.8, 4) is 0 Å². The first-order valence-corrected chi connectivity index (χ1v) is 3.43. The molecule has 0 aliphatic heterocycles. The van der Waals surface area contributed by atoms with Gasteiger partial charge in [-0.25, -0.2) is 0 Å². The third kappa shape index (κ3) is 4.66. The van der Waals surface area contributed by atoms with Crippen molar-refractivity contribution in [2.45, 2.75) is 11.9 Å². The summed E-state index contributed by atoms with van der Waals surface area (Å²) in [6.45, 7) is 0. The molecule has 1 atom stereocenters. The summed E-state index contributed by atoms with van der Waals surface area (Å²) in [5.41, 5.74) is 0. The largest absolute Gasteiger partial charge is 0.400 e. The molecule has 0 amide bonds. The zero-order valence-corrected chi connectivity index (χ0v) is 5.31. The summed E-state index contributed by atoms with van der Waals surface area (Å²) in [5, 5.41) is 0. The summed E-state index contributed by atoms with van der Waals surface area (Å²) >= 11 is 0. The minimum atomic E-state index is -4.78. The summed E-state index contributed by atoms with van der Waals surface area (Å²) in [6.07, 6.45) is -4.78. The predicted molar refractivity (Wildman–Crippen MR) is 25.1 cm³/mol. The van der Waals surface area contributed by atoms with Crippen LogP contribution in [0.3, 0.4) is 0 Å². The van der Waals surface area contributed by atoms with Crippen molar-refractivity contribution in [3.63, 3.8) is 0 Å². The second-order valence-electron chi connectivity index (χ2n) is 1.40. The molecule has 62 valence electrons. The van der Waals surface area contributed by atoms with E-state index in [-0.39, 0.29) is 0 Å². The Kier molecular flexibility index (Phi) is 3.20. The van der Waals surface area contributed by atoms with Crippen molar-refractivity contribution < 1.29 is 26.2 Å². The Morgan fingerprint density at radius 1 is 1.30 bits per heavy atom. The fourth-order valence-corrected chi connectivity index (χ4v) is 0.673. The lowest BCUT2D eigenvalue weighted by molar-refractivity contribution is -0.106. The smallest absolute Gasteiger partial charge is 0.253 e. The molecule has 0 spiro atoms. The minimum Gasteiger partial charge on any atom is -0.253 e. The molecule has 0 radical (unpaired) electrons. The fourth-order valence-electron chi connectivity index (χ4n) is 0.224. The summed E-state index contributed by atoms with van der Waals surface area (Å²) in [4.78, 5) is 0. The standard InChI is InChI=1S/C3H3F5OS/c4-2(5)10(9)1-3(6,7)8/h2H,1H2. The lowest BCUT2D eigenvalue weighted by atomic mass is 10.8. The molecule has 0 aromatic heterocycles. The Morgan fingerprint density at radius 2 is 1.70 bits per heavy atom. The van der Waals surface area contributed by atoms with Crippen LogP contribution in [0.1, 0.15) is 0 Å². The third-order valence-electron chi connectivity index (χ3n) is 0.505. The van der Waals surface area contributed by atoms with Gasteiger partial charge in [-0.2, -0.15) is 22.0 Å². The Hall–Kier alpha value is -0.200. The SMILES string of the molecule is O=S(CC(F)(F)F)C(F)F. The van der Waals surface area contributed by atoms with E-state index < -0.39 is 28.5 Å². The van der Waals surface area contributed by atoms with E-state index in [1.165, 1.54) is 0 Å². The molecule has 0 fully saturated rings. The van der Waals surface area contributed by atoms with Gasteiger partial charge in [-0.1, -0.05) is 0 Å². The normalized spacial score (nSPS) is 15.8. The molecule has 1 unspecified atom stereocenters. The molecule has 0 bridgehead atoms. The molecule has 0 aliphatic rings. The maximum atomic E-state index is 11.2. The summed E-state index contributed by atoms with van der Waals surface area (Å²) in [7, 11) is -3.10. The first-order chi connectivity index (χ1) is 4.33. The minimum absolute atomic E-state index is 1.94. The van der Waals surface area contributed by atoms with E-state index in [1.807, 2.05) is 0 Å². The highest BCUT2D eigenvalue weighted by molar-refractivity contribution is 7.85. The van der Waals surface area contributed by atoms with Gasteiger partial charge in [-0.3, -0.25) is 4.21 Å². The molecule has 0 N–H and O–H groups in total. The Bertz CT molecular complexity index is 129. The van der Waals surface area contributed by atoms with Crippen LogP contribution >= 0.6 is 0 Å². The zero-order valence-electron chi connectivity index (χ0n) is 4.49. The third-order valence-corrected chi connectivity index (χ3v) is 1.51. The van der Waals surface area contributed by atoms with Crippen LogP contribution in [-0.2, 0) is 10.8 Å². The van der Waals surface area contributed by atoms with Gasteiger partial charge >= 0.3 is 11.9 Å². The second kappa shape index (κ2) is 3.27. The molecule has 0 rings (SSSR count). The van der Waals surface area contributed by atoms with Crippen molar-refractivity contribution in [2.75, 3.05) is 5.75 Å². The average Bonchev–Trinajstić information content (AvgIpc) is 1.60. The number of rotatable bonds is 2. The highest BCUT2D eigenvalue weighted by Gasteiger charge is 2.33. The molecule has 0 saturated heterocycles. The van der Waals surface area contributed by atoms with Gasteiger partial charge in [-0.05, 0) is 0 Å². The number of hydrogen-bond acceptors (Lipinski definition) is 1. The van der Waals surface area contributed by atoms with Crippen LogP contribution in [0.25, 0.3) is 0 Å². The number of alkyl halides is 5. The van der Waals surface area contributed by atoms with E-state index in [4.69, 9.17) is 0 Å². The summed E-state index contributed by atoms with van der Waals surface area (Å²) in [5.74, 6) is -5.35. The topological polar surface area (TPSA) is 17.1 Å². The van der Waals surface area contributed by atoms with Crippen LogP contribution in [0.5, 0.6) is 0 Å². The quantitative estimate of drug-likeness (QED) is 0.591. The highest BCUT2D eigenvalue weighted by atomic mass is 32.2. The lowest BCUT2D eigenvalue weighted by Gasteiger charge is -2.03. The van der Waals surface area contributed by atoms with Gasteiger partial charge in [0.25, 0.3) is 0 Å². The van der Waals surface area contributed by atoms with Gasteiger partial charge in [-0.15, -0.1) is 0 Å². The van der Waals surface area contributed by atoms with Crippen LogP contribution in [0.15, 0.2) is 0 Å². The van der Waals surface area contributed by atoms with Gasteiger partial charge in [0.05, 0.1) is 10.8 Å². The second-order valence-corrected chi connectivity index (χ2v) is 2.81. The molecule has 7 heteroatoms. The summed E-state index contributed by atoms with van der Waals surface area (Å²) in [6, 6.07) is 0. The van der Waals surface area contributed by atoms with Crippen molar-refractivity contribution in [3.05, 3.63) is 0 Å². The van der Waals surface area contributed by atoms with Gasteiger partial charge in [0.1, 0.15) is 5.75 Å². The molecule has 0 aromatic rings. The zero-order chi connectivity index (χ0) is 8.36. The maximum Gasteiger partial charge on any atom is 0.400 e. The van der Waals surface area contributed by atoms with Crippen LogP contribution in [0, 0.1) is 0 Å². The van der Waals surface area contributed by atoms with Crippen molar-refractivity contribution in [1.29, 1.82) is 0 Å². The molecule has 0 aliphatic carbocycles. The van der Waals surface area contributed by atoms with Crippen LogP contribution in [0.2, 0.25) is 0 Å². The first kappa shape index (κ1) is 9.80. The van der Waals surface area contributed by atoms with E-state index in [0.717, 1.165) is 0 Å². The predicted octanol–water partition coefficient (Wildman–Crippen LogP) is 1.52. The monoisotopic (exact) mass is 182 g/mol. The molecule has 0 aromatic carbocycles. The average molecular weight is 182 g/mol. The summed E-state index contributed by atoms with van der Waals surface area (Å²) < 4.78 is 65.5. The highest BCUT2D eigenvalue weighted by Crippen LogP contribution is 2.18. The molecule has 1 nitrogen and oxygen atoms in total. The number of hydrogen-bond donors (Lipinski definition) is 0. The van der Waals surface area contributed by atoms with E-state index in [9.17, 15) is 26.2 Å².